The fraction of sp³-hybridized carbons (Fsp3) is 0.400. The maximum Gasteiger partial charge on any atom is 0.251 e. The van der Waals surface area contributed by atoms with Crippen LogP contribution in [0.25, 0.3) is 11.1 Å². The number of amidine groups is 1. The summed E-state index contributed by atoms with van der Waals surface area (Å²) < 4.78 is 0. The molecule has 0 radical (unpaired) electrons. The highest BCUT2D eigenvalue weighted by Gasteiger charge is 2.39. The van der Waals surface area contributed by atoms with Crippen LogP contribution in [-0.2, 0) is 0 Å². The third-order valence-electron chi connectivity index (χ3n) is 5.75. The van der Waals surface area contributed by atoms with Gasteiger partial charge in [0.2, 0.25) is 0 Å². The van der Waals surface area contributed by atoms with Gasteiger partial charge in [-0.15, -0.1) is 0 Å². The molecular weight excluding hydrogens is 408 g/mol. The predicted molar refractivity (Wildman–Crippen MR) is 130 cm³/mol. The number of halogens is 1. The minimum absolute atomic E-state index is 0.152. The Morgan fingerprint density at radius 2 is 1.68 bits per heavy atom. The maximum absolute atomic E-state index is 13.2. The lowest BCUT2D eigenvalue weighted by Gasteiger charge is -2.30. The van der Waals surface area contributed by atoms with Crippen LogP contribution >= 0.6 is 11.6 Å². The fourth-order valence-electron chi connectivity index (χ4n) is 3.59. The van der Waals surface area contributed by atoms with Crippen LogP contribution in [0.1, 0.15) is 57.8 Å². The summed E-state index contributed by atoms with van der Waals surface area (Å²) in [6.45, 7) is 9.92. The summed E-state index contributed by atoms with van der Waals surface area (Å²) in [5.74, 6) is 0.629. The second-order valence-electron chi connectivity index (χ2n) is 9.82. The Kier molecular flexibility index (Phi) is 6.28. The van der Waals surface area contributed by atoms with Gasteiger partial charge in [0.05, 0.1) is 6.34 Å². The number of amides is 1. The zero-order valence-corrected chi connectivity index (χ0v) is 19.6. The van der Waals surface area contributed by atoms with Gasteiger partial charge in [-0.05, 0) is 74.1 Å². The highest BCUT2D eigenvalue weighted by atomic mass is 35.5. The number of rotatable bonds is 6. The van der Waals surface area contributed by atoms with Crippen LogP contribution in [0.2, 0.25) is 5.02 Å². The van der Waals surface area contributed by atoms with Crippen molar-refractivity contribution < 1.29 is 4.79 Å². The molecule has 0 aromatic heterocycles. The van der Waals surface area contributed by atoms with Gasteiger partial charge >= 0.3 is 0 Å². The summed E-state index contributed by atoms with van der Waals surface area (Å²) in [7, 11) is 0. The maximum atomic E-state index is 13.2. The van der Waals surface area contributed by atoms with Crippen LogP contribution in [0.4, 0.5) is 5.69 Å². The van der Waals surface area contributed by atoms with Crippen LogP contribution in [-0.4, -0.2) is 23.6 Å². The molecule has 1 aliphatic rings. The number of nitrogens with zero attached hydrogens (tertiary/aromatic N) is 1. The standard InChI is InChI=1S/C25H31ClN4O/c1-24(2,3)23(28)30(15-27)21-13-17(16-6-10-20(26)11-7-16)12-18(14-21)22(31)29-25(4,5)19-8-9-19/h6-7,10-15,19,27-28H,8-9H2,1-5H3,(H,29,31). The lowest BCUT2D eigenvalue weighted by Crippen LogP contribution is -2.45. The van der Waals surface area contributed by atoms with E-state index in [1.807, 2.05) is 57.2 Å². The van der Waals surface area contributed by atoms with E-state index in [4.69, 9.17) is 22.4 Å². The first-order chi connectivity index (χ1) is 14.4. The number of anilines is 1. The van der Waals surface area contributed by atoms with E-state index in [1.165, 1.54) is 4.90 Å². The molecule has 1 aliphatic carbocycles. The Hall–Kier alpha value is -2.66. The van der Waals surface area contributed by atoms with E-state index >= 15 is 0 Å². The number of nitrogens with one attached hydrogen (secondary N) is 3. The van der Waals surface area contributed by atoms with Crippen molar-refractivity contribution in [2.75, 3.05) is 4.90 Å². The van der Waals surface area contributed by atoms with E-state index in [2.05, 4.69) is 19.2 Å². The van der Waals surface area contributed by atoms with Gasteiger partial charge in [-0.25, -0.2) is 0 Å². The molecule has 2 aromatic carbocycles. The van der Waals surface area contributed by atoms with Crippen LogP contribution in [0.15, 0.2) is 42.5 Å². The van der Waals surface area contributed by atoms with Crippen LogP contribution < -0.4 is 10.2 Å². The molecule has 0 heterocycles. The van der Waals surface area contributed by atoms with Crippen molar-refractivity contribution >= 4 is 35.4 Å². The molecule has 164 valence electrons. The smallest absolute Gasteiger partial charge is 0.251 e. The summed E-state index contributed by atoms with van der Waals surface area (Å²) in [5, 5.41) is 20.3. The Bertz CT molecular complexity index is 1000. The molecule has 1 saturated carbocycles. The molecule has 3 rings (SSSR count). The molecule has 3 N–H and O–H groups in total. The van der Waals surface area contributed by atoms with Crippen molar-refractivity contribution in [1.29, 1.82) is 10.8 Å². The summed E-state index contributed by atoms with van der Waals surface area (Å²) in [4.78, 5) is 14.7. The molecule has 2 aromatic rings. The minimum atomic E-state index is -0.454. The highest BCUT2D eigenvalue weighted by Crippen LogP contribution is 2.39. The van der Waals surface area contributed by atoms with Gasteiger partial charge in [0.25, 0.3) is 5.91 Å². The third-order valence-corrected chi connectivity index (χ3v) is 6.00. The van der Waals surface area contributed by atoms with E-state index in [1.54, 1.807) is 6.07 Å². The summed E-state index contributed by atoms with van der Waals surface area (Å²) in [5.41, 5.74) is 2.13. The van der Waals surface area contributed by atoms with Crippen LogP contribution in [0.5, 0.6) is 0 Å². The molecule has 0 spiro atoms. The van der Waals surface area contributed by atoms with Gasteiger partial charge in [0.15, 0.2) is 0 Å². The Balaban J connectivity index is 2.07. The van der Waals surface area contributed by atoms with Crippen molar-refractivity contribution in [1.82, 2.24) is 5.32 Å². The molecule has 0 unspecified atom stereocenters. The highest BCUT2D eigenvalue weighted by molar-refractivity contribution is 6.30. The minimum Gasteiger partial charge on any atom is -0.347 e. The molecule has 1 fully saturated rings. The van der Waals surface area contributed by atoms with Crippen molar-refractivity contribution in [2.24, 2.45) is 11.3 Å². The van der Waals surface area contributed by atoms with Gasteiger partial charge in [-0.1, -0.05) is 44.5 Å². The summed E-state index contributed by atoms with van der Waals surface area (Å²) >= 11 is 6.05. The average molecular weight is 439 g/mol. The second kappa shape index (κ2) is 8.46. The molecule has 0 atom stereocenters. The zero-order valence-electron chi connectivity index (χ0n) is 18.8. The van der Waals surface area contributed by atoms with E-state index in [0.29, 0.717) is 22.2 Å². The van der Waals surface area contributed by atoms with Gasteiger partial charge in [-0.2, -0.15) is 0 Å². The Morgan fingerprint density at radius 1 is 1.06 bits per heavy atom. The van der Waals surface area contributed by atoms with E-state index in [0.717, 1.165) is 30.3 Å². The van der Waals surface area contributed by atoms with Gasteiger partial charge in [-0.3, -0.25) is 20.5 Å². The van der Waals surface area contributed by atoms with Crippen LogP contribution in [0.3, 0.4) is 0 Å². The van der Waals surface area contributed by atoms with Gasteiger partial charge in [0, 0.05) is 27.2 Å². The molecular formula is C25H31ClN4O. The van der Waals surface area contributed by atoms with Crippen molar-refractivity contribution in [3.63, 3.8) is 0 Å². The molecule has 6 heteroatoms. The molecule has 0 aliphatic heterocycles. The third kappa shape index (κ3) is 5.34. The van der Waals surface area contributed by atoms with Gasteiger partial charge in [0.1, 0.15) is 5.84 Å². The largest absolute Gasteiger partial charge is 0.347 e. The molecule has 31 heavy (non-hydrogen) atoms. The lowest BCUT2D eigenvalue weighted by molar-refractivity contribution is 0.0903. The van der Waals surface area contributed by atoms with E-state index in [9.17, 15) is 4.79 Å². The van der Waals surface area contributed by atoms with Crippen molar-refractivity contribution in [2.45, 2.75) is 53.0 Å². The molecule has 5 nitrogen and oxygen atoms in total. The fourth-order valence-corrected chi connectivity index (χ4v) is 3.72. The predicted octanol–water partition coefficient (Wildman–Crippen LogP) is 6.36. The molecule has 1 amide bonds. The zero-order chi connectivity index (χ0) is 23.0. The Labute approximate surface area is 189 Å². The lowest BCUT2D eigenvalue weighted by atomic mass is 9.93. The number of hydrogen-bond donors (Lipinski definition) is 3. The Morgan fingerprint density at radius 3 is 2.19 bits per heavy atom. The molecule has 0 saturated heterocycles. The van der Waals surface area contributed by atoms with Gasteiger partial charge < -0.3 is 5.32 Å². The SMILES string of the molecule is CC(C)(C)C(=N)N(C=N)c1cc(C(=O)NC(C)(C)C2CC2)cc(-c2ccc(Cl)cc2)c1. The summed E-state index contributed by atoms with van der Waals surface area (Å²) in [6.07, 6.45) is 3.39. The quantitative estimate of drug-likeness (QED) is 0.362. The second-order valence-corrected chi connectivity index (χ2v) is 10.3. The first kappa shape index (κ1) is 23.0. The monoisotopic (exact) mass is 438 g/mol. The topological polar surface area (TPSA) is 80.0 Å². The first-order valence-electron chi connectivity index (χ1n) is 10.5. The number of hydrogen-bond acceptors (Lipinski definition) is 3. The average Bonchev–Trinajstić information content (AvgIpc) is 3.54. The van der Waals surface area contributed by atoms with Crippen molar-refractivity contribution in [3.05, 3.63) is 53.1 Å². The van der Waals surface area contributed by atoms with E-state index < -0.39 is 5.41 Å². The van der Waals surface area contributed by atoms with Crippen LogP contribution in [0, 0.1) is 22.2 Å². The van der Waals surface area contributed by atoms with Crippen molar-refractivity contribution in [3.8, 4) is 11.1 Å². The van der Waals surface area contributed by atoms with E-state index in [-0.39, 0.29) is 17.3 Å². The number of carbonyl (C=O) groups excluding carboxylic acids is 1. The summed E-state index contributed by atoms with van der Waals surface area (Å²) in [6, 6.07) is 12.9. The number of benzene rings is 2. The normalized spacial score (nSPS) is 14.1. The molecule has 0 bridgehead atoms. The number of carbonyl (C=O) groups is 1. The first-order valence-corrected chi connectivity index (χ1v) is 10.9.